The van der Waals surface area contributed by atoms with Gasteiger partial charge in [-0.25, -0.2) is 0 Å². The standard InChI is InChI=1S/C16H17F3N4O4/c1-10-15(23(25)26)11(2)22(20-10)9-14(24)21(3)8-12-6-4-5-7-13(12)27-16(17,18)19/h4-7H,8-9H2,1-3H3. The molecule has 11 heteroatoms. The maximum atomic E-state index is 12.5. The van der Waals surface area contributed by atoms with E-state index in [-0.39, 0.29) is 35.7 Å². The minimum atomic E-state index is -4.85. The topological polar surface area (TPSA) is 90.5 Å². The van der Waals surface area contributed by atoms with Gasteiger partial charge in [0.25, 0.3) is 0 Å². The van der Waals surface area contributed by atoms with E-state index >= 15 is 0 Å². The molecular formula is C16H17F3N4O4. The fraction of sp³-hybridized carbons (Fsp3) is 0.375. The van der Waals surface area contributed by atoms with Crippen LogP contribution in [0, 0.1) is 24.0 Å². The van der Waals surface area contributed by atoms with Gasteiger partial charge in [-0.15, -0.1) is 13.2 Å². The maximum Gasteiger partial charge on any atom is 0.573 e. The van der Waals surface area contributed by atoms with Crippen molar-refractivity contribution in [1.29, 1.82) is 0 Å². The fourth-order valence-electron chi connectivity index (χ4n) is 2.56. The Hall–Kier alpha value is -3.11. The number of benzene rings is 1. The van der Waals surface area contributed by atoms with Crippen molar-refractivity contribution in [3.05, 3.63) is 51.3 Å². The zero-order chi connectivity index (χ0) is 20.4. The molecule has 0 fully saturated rings. The number of amides is 1. The van der Waals surface area contributed by atoms with Crippen LogP contribution in [0.3, 0.4) is 0 Å². The van der Waals surface area contributed by atoms with Gasteiger partial charge in [0, 0.05) is 19.2 Å². The highest BCUT2D eigenvalue weighted by Crippen LogP contribution is 2.27. The van der Waals surface area contributed by atoms with Gasteiger partial charge in [0.1, 0.15) is 23.7 Å². The first-order valence-corrected chi connectivity index (χ1v) is 7.75. The highest BCUT2D eigenvalue weighted by molar-refractivity contribution is 5.76. The van der Waals surface area contributed by atoms with Gasteiger partial charge in [-0.3, -0.25) is 19.6 Å². The van der Waals surface area contributed by atoms with E-state index in [1.807, 2.05) is 0 Å². The number of carbonyl (C=O) groups is 1. The Morgan fingerprint density at radius 3 is 2.52 bits per heavy atom. The van der Waals surface area contributed by atoms with Crippen molar-refractivity contribution in [2.45, 2.75) is 33.3 Å². The quantitative estimate of drug-likeness (QED) is 0.562. The van der Waals surface area contributed by atoms with Crippen LogP contribution >= 0.6 is 0 Å². The van der Waals surface area contributed by atoms with Crippen molar-refractivity contribution in [1.82, 2.24) is 14.7 Å². The van der Waals surface area contributed by atoms with Gasteiger partial charge in [-0.2, -0.15) is 5.10 Å². The zero-order valence-corrected chi connectivity index (χ0v) is 14.8. The van der Waals surface area contributed by atoms with E-state index < -0.39 is 22.9 Å². The number of alkyl halides is 3. The van der Waals surface area contributed by atoms with Gasteiger partial charge in [0.2, 0.25) is 5.91 Å². The smallest absolute Gasteiger partial charge is 0.405 e. The first-order valence-electron chi connectivity index (χ1n) is 7.75. The van der Waals surface area contributed by atoms with Crippen LogP contribution < -0.4 is 4.74 Å². The van der Waals surface area contributed by atoms with Gasteiger partial charge < -0.3 is 9.64 Å². The predicted octanol–water partition coefficient (Wildman–Crippen LogP) is 2.97. The van der Waals surface area contributed by atoms with E-state index in [0.717, 1.165) is 6.07 Å². The molecule has 0 bridgehead atoms. The normalized spacial score (nSPS) is 11.3. The summed E-state index contributed by atoms with van der Waals surface area (Å²) in [5.41, 5.74) is 0.399. The summed E-state index contributed by atoms with van der Waals surface area (Å²) in [4.78, 5) is 24.0. The molecule has 0 aliphatic carbocycles. The molecule has 1 heterocycles. The summed E-state index contributed by atoms with van der Waals surface area (Å²) in [6, 6.07) is 5.49. The van der Waals surface area contributed by atoms with Gasteiger partial charge in [-0.05, 0) is 19.9 Å². The molecule has 0 aliphatic heterocycles. The summed E-state index contributed by atoms with van der Waals surface area (Å²) in [7, 11) is 1.41. The number of rotatable bonds is 6. The van der Waals surface area contributed by atoms with Crippen LogP contribution in [0.5, 0.6) is 5.75 Å². The van der Waals surface area contributed by atoms with E-state index in [4.69, 9.17) is 0 Å². The van der Waals surface area contributed by atoms with Crippen molar-refractivity contribution in [2.24, 2.45) is 0 Å². The molecule has 27 heavy (non-hydrogen) atoms. The molecule has 8 nitrogen and oxygen atoms in total. The average Bonchev–Trinajstić information content (AvgIpc) is 2.81. The molecule has 0 unspecified atom stereocenters. The number of ether oxygens (including phenoxy) is 1. The van der Waals surface area contributed by atoms with Crippen LogP contribution in [0.4, 0.5) is 18.9 Å². The molecule has 2 rings (SSSR count). The number of halogens is 3. The lowest BCUT2D eigenvalue weighted by Gasteiger charge is -2.20. The minimum Gasteiger partial charge on any atom is -0.405 e. The second kappa shape index (κ2) is 7.64. The summed E-state index contributed by atoms with van der Waals surface area (Å²) in [5, 5.41) is 15.0. The van der Waals surface area contributed by atoms with Crippen molar-refractivity contribution in [3.63, 3.8) is 0 Å². The van der Waals surface area contributed by atoms with Crippen molar-refractivity contribution in [2.75, 3.05) is 7.05 Å². The Labute approximate surface area is 152 Å². The molecule has 0 saturated heterocycles. The van der Waals surface area contributed by atoms with E-state index in [1.165, 1.54) is 48.7 Å². The number of likely N-dealkylation sites (N-methyl/N-ethyl adjacent to an activating group) is 1. The molecule has 0 saturated carbocycles. The molecule has 0 radical (unpaired) electrons. The van der Waals surface area contributed by atoms with E-state index in [0.29, 0.717) is 0 Å². The lowest BCUT2D eigenvalue weighted by atomic mass is 10.2. The molecule has 0 spiro atoms. The maximum absolute atomic E-state index is 12.5. The predicted molar refractivity (Wildman–Crippen MR) is 88.0 cm³/mol. The summed E-state index contributed by atoms with van der Waals surface area (Å²) >= 11 is 0. The summed E-state index contributed by atoms with van der Waals surface area (Å²) in [5.74, 6) is -0.872. The van der Waals surface area contributed by atoms with Gasteiger partial charge in [0.05, 0.1) is 4.92 Å². The van der Waals surface area contributed by atoms with E-state index in [9.17, 15) is 28.1 Å². The largest absolute Gasteiger partial charge is 0.573 e. The van der Waals surface area contributed by atoms with E-state index in [1.54, 1.807) is 0 Å². The summed E-state index contributed by atoms with van der Waals surface area (Å²) in [6.45, 7) is 2.52. The highest BCUT2D eigenvalue weighted by atomic mass is 19.4. The Bertz CT molecular complexity index is 864. The summed E-state index contributed by atoms with van der Waals surface area (Å²) in [6.07, 6.45) is -4.85. The Morgan fingerprint density at radius 1 is 1.33 bits per heavy atom. The van der Waals surface area contributed by atoms with Crippen LogP contribution in [0.15, 0.2) is 24.3 Å². The molecule has 0 N–H and O–H groups in total. The van der Waals surface area contributed by atoms with Gasteiger partial charge >= 0.3 is 12.0 Å². The van der Waals surface area contributed by atoms with Crippen molar-refractivity contribution >= 4 is 11.6 Å². The number of hydrogen-bond acceptors (Lipinski definition) is 5. The molecule has 2 aromatic rings. The van der Waals surface area contributed by atoms with Crippen LogP contribution in [-0.2, 0) is 17.9 Å². The SMILES string of the molecule is Cc1nn(CC(=O)N(C)Cc2ccccc2OC(F)(F)F)c(C)c1[N+](=O)[O-]. The number of aromatic nitrogens is 2. The first-order chi connectivity index (χ1) is 12.5. The van der Waals surface area contributed by atoms with Gasteiger partial charge in [0.15, 0.2) is 0 Å². The number of hydrogen-bond donors (Lipinski definition) is 0. The van der Waals surface area contributed by atoms with Crippen LogP contribution in [0.2, 0.25) is 0 Å². The number of carbonyl (C=O) groups excluding carboxylic acids is 1. The molecule has 1 amide bonds. The van der Waals surface area contributed by atoms with Crippen molar-refractivity contribution in [3.8, 4) is 5.75 Å². The third-order valence-electron chi connectivity index (χ3n) is 3.84. The number of nitrogens with zero attached hydrogens (tertiary/aromatic N) is 4. The molecule has 1 aromatic carbocycles. The average molecular weight is 386 g/mol. The molecule has 1 aromatic heterocycles. The third kappa shape index (κ3) is 4.96. The Morgan fingerprint density at radius 2 is 1.96 bits per heavy atom. The van der Waals surface area contributed by atoms with E-state index in [2.05, 4.69) is 9.84 Å². The molecule has 0 atom stereocenters. The Balaban J connectivity index is 2.14. The molecule has 146 valence electrons. The lowest BCUT2D eigenvalue weighted by Crippen LogP contribution is -2.31. The Kier molecular flexibility index (Phi) is 5.72. The minimum absolute atomic E-state index is 0.132. The monoisotopic (exact) mass is 386 g/mol. The number of nitro groups is 1. The van der Waals surface area contributed by atoms with Crippen LogP contribution in [0.1, 0.15) is 17.0 Å². The van der Waals surface area contributed by atoms with Crippen LogP contribution in [-0.4, -0.2) is 38.9 Å². The number of para-hydroxylation sites is 1. The van der Waals surface area contributed by atoms with Crippen LogP contribution in [0.25, 0.3) is 0 Å². The second-order valence-electron chi connectivity index (χ2n) is 5.84. The third-order valence-corrected chi connectivity index (χ3v) is 3.84. The number of aryl methyl sites for hydroxylation is 1. The lowest BCUT2D eigenvalue weighted by molar-refractivity contribution is -0.386. The zero-order valence-electron chi connectivity index (χ0n) is 14.8. The fourth-order valence-corrected chi connectivity index (χ4v) is 2.56. The van der Waals surface area contributed by atoms with Gasteiger partial charge in [-0.1, -0.05) is 18.2 Å². The molecular weight excluding hydrogens is 369 g/mol. The first kappa shape index (κ1) is 20.2. The van der Waals surface area contributed by atoms with Crippen molar-refractivity contribution < 1.29 is 27.6 Å². The molecule has 0 aliphatic rings. The summed E-state index contributed by atoms with van der Waals surface area (Å²) < 4.78 is 42.6. The highest BCUT2D eigenvalue weighted by Gasteiger charge is 2.32. The second-order valence-corrected chi connectivity index (χ2v) is 5.84.